The van der Waals surface area contributed by atoms with Crippen molar-refractivity contribution < 1.29 is 19.1 Å². The molecule has 2 aromatic carbocycles. The number of halogens is 1. The Morgan fingerprint density at radius 3 is 1.85 bits per heavy atom. The summed E-state index contributed by atoms with van der Waals surface area (Å²) in [5.74, 6) is -0.646. The third kappa shape index (κ3) is 4.40. The zero-order valence-corrected chi connectivity index (χ0v) is 11.2. The Morgan fingerprint density at radius 2 is 1.30 bits per heavy atom. The molecular weight excluding hydrogens is 280 g/mol. The maximum atomic E-state index is 11.5. The van der Waals surface area contributed by atoms with Gasteiger partial charge in [-0.3, -0.25) is 9.59 Å². The molecule has 0 bridgehead atoms. The van der Waals surface area contributed by atoms with Crippen molar-refractivity contribution in [1.29, 1.82) is 0 Å². The van der Waals surface area contributed by atoms with Gasteiger partial charge in [0.25, 0.3) is 0 Å². The zero-order valence-electron chi connectivity index (χ0n) is 10.4. The summed E-state index contributed by atoms with van der Waals surface area (Å²) in [7, 11) is 0. The molecule has 0 aliphatic rings. The van der Waals surface area contributed by atoms with Crippen LogP contribution >= 0.6 is 11.6 Å². The van der Waals surface area contributed by atoms with E-state index in [0.717, 1.165) is 0 Å². The second-order valence-electron chi connectivity index (χ2n) is 3.89. The maximum absolute atomic E-state index is 11.5. The molecule has 0 N–H and O–H groups in total. The first kappa shape index (κ1) is 14.1. The predicted molar refractivity (Wildman–Crippen MR) is 73.8 cm³/mol. The highest BCUT2D eigenvalue weighted by molar-refractivity contribution is 6.30. The van der Waals surface area contributed by atoms with Crippen molar-refractivity contribution in [1.82, 2.24) is 0 Å². The number of ether oxygens (including phenoxy) is 2. The van der Waals surface area contributed by atoms with E-state index in [0.29, 0.717) is 16.5 Å². The SMILES string of the molecule is O=C(CC(=O)Oc1ccc(Cl)cc1)Oc1ccccc1. The Labute approximate surface area is 120 Å². The molecule has 102 valence electrons. The summed E-state index contributed by atoms with van der Waals surface area (Å²) in [6.45, 7) is 0. The number of para-hydroxylation sites is 1. The number of carbonyl (C=O) groups is 2. The first-order valence-corrected chi connectivity index (χ1v) is 6.23. The highest BCUT2D eigenvalue weighted by atomic mass is 35.5. The summed E-state index contributed by atoms with van der Waals surface area (Å²) < 4.78 is 9.96. The Morgan fingerprint density at radius 1 is 0.800 bits per heavy atom. The van der Waals surface area contributed by atoms with Crippen molar-refractivity contribution in [2.45, 2.75) is 6.42 Å². The maximum Gasteiger partial charge on any atom is 0.322 e. The third-order valence-electron chi connectivity index (χ3n) is 2.31. The molecule has 5 heteroatoms. The Hall–Kier alpha value is -2.33. The van der Waals surface area contributed by atoms with Crippen LogP contribution in [0.1, 0.15) is 6.42 Å². The van der Waals surface area contributed by atoms with Crippen LogP contribution in [0.3, 0.4) is 0 Å². The van der Waals surface area contributed by atoms with Gasteiger partial charge in [0.2, 0.25) is 0 Å². The first-order chi connectivity index (χ1) is 9.63. The van der Waals surface area contributed by atoms with Crippen LogP contribution in [0.15, 0.2) is 54.6 Å². The normalized spacial score (nSPS) is 9.85. The van der Waals surface area contributed by atoms with Gasteiger partial charge in [0, 0.05) is 5.02 Å². The average Bonchev–Trinajstić information content (AvgIpc) is 2.42. The number of hydrogen-bond donors (Lipinski definition) is 0. The summed E-state index contributed by atoms with van der Waals surface area (Å²) in [5.41, 5.74) is 0. The molecule has 0 saturated heterocycles. The minimum Gasteiger partial charge on any atom is -0.426 e. The molecule has 0 fully saturated rings. The van der Waals surface area contributed by atoms with Crippen molar-refractivity contribution in [3.8, 4) is 11.5 Å². The van der Waals surface area contributed by atoms with Gasteiger partial charge in [-0.15, -0.1) is 0 Å². The summed E-state index contributed by atoms with van der Waals surface area (Å²) in [4.78, 5) is 23.1. The van der Waals surface area contributed by atoms with E-state index in [4.69, 9.17) is 21.1 Å². The molecule has 0 aromatic heterocycles. The van der Waals surface area contributed by atoms with Gasteiger partial charge in [-0.1, -0.05) is 29.8 Å². The molecule has 0 spiro atoms. The van der Waals surface area contributed by atoms with E-state index >= 15 is 0 Å². The molecule has 0 heterocycles. The van der Waals surface area contributed by atoms with Gasteiger partial charge in [-0.05, 0) is 36.4 Å². The lowest BCUT2D eigenvalue weighted by atomic mass is 10.3. The lowest BCUT2D eigenvalue weighted by Crippen LogP contribution is -2.18. The smallest absolute Gasteiger partial charge is 0.322 e. The fourth-order valence-corrected chi connectivity index (χ4v) is 1.57. The van der Waals surface area contributed by atoms with Crippen LogP contribution in [0.25, 0.3) is 0 Å². The van der Waals surface area contributed by atoms with Gasteiger partial charge in [0.15, 0.2) is 0 Å². The van der Waals surface area contributed by atoms with Crippen LogP contribution in [-0.4, -0.2) is 11.9 Å². The van der Waals surface area contributed by atoms with Crippen molar-refractivity contribution in [2.24, 2.45) is 0 Å². The van der Waals surface area contributed by atoms with E-state index in [9.17, 15) is 9.59 Å². The highest BCUT2D eigenvalue weighted by Crippen LogP contribution is 2.16. The fourth-order valence-electron chi connectivity index (χ4n) is 1.44. The lowest BCUT2D eigenvalue weighted by Gasteiger charge is -2.05. The average molecular weight is 291 g/mol. The van der Waals surface area contributed by atoms with Crippen LogP contribution in [-0.2, 0) is 9.59 Å². The third-order valence-corrected chi connectivity index (χ3v) is 2.56. The van der Waals surface area contributed by atoms with Gasteiger partial charge < -0.3 is 9.47 Å². The van der Waals surface area contributed by atoms with E-state index in [2.05, 4.69) is 0 Å². The lowest BCUT2D eigenvalue weighted by molar-refractivity contribution is -0.144. The fraction of sp³-hybridized carbons (Fsp3) is 0.0667. The summed E-state index contributed by atoms with van der Waals surface area (Å²) in [5, 5.41) is 0.535. The van der Waals surface area contributed by atoms with Crippen LogP contribution in [0.5, 0.6) is 11.5 Å². The van der Waals surface area contributed by atoms with Crippen LogP contribution in [0.4, 0.5) is 0 Å². The molecule has 0 atom stereocenters. The molecule has 0 unspecified atom stereocenters. The molecule has 2 aromatic rings. The number of hydrogen-bond acceptors (Lipinski definition) is 4. The van der Waals surface area contributed by atoms with Crippen molar-refractivity contribution in [2.75, 3.05) is 0 Å². The summed E-state index contributed by atoms with van der Waals surface area (Å²) in [6.07, 6.45) is -0.461. The Kier molecular flexibility index (Phi) is 4.74. The Bertz CT molecular complexity index is 593. The molecule has 0 amide bonds. The van der Waals surface area contributed by atoms with Gasteiger partial charge >= 0.3 is 11.9 Å². The molecule has 20 heavy (non-hydrogen) atoms. The minimum atomic E-state index is -0.687. The monoisotopic (exact) mass is 290 g/mol. The predicted octanol–water partition coefficient (Wildman–Crippen LogP) is 3.24. The van der Waals surface area contributed by atoms with Gasteiger partial charge in [-0.2, -0.15) is 0 Å². The standard InChI is InChI=1S/C15H11ClO4/c16-11-6-8-13(9-7-11)20-15(18)10-14(17)19-12-4-2-1-3-5-12/h1-9H,10H2. The van der Waals surface area contributed by atoms with Gasteiger partial charge in [0.1, 0.15) is 17.9 Å². The highest BCUT2D eigenvalue weighted by Gasteiger charge is 2.13. The van der Waals surface area contributed by atoms with Crippen LogP contribution in [0.2, 0.25) is 5.02 Å². The zero-order chi connectivity index (χ0) is 14.4. The van der Waals surface area contributed by atoms with E-state index < -0.39 is 18.4 Å². The molecule has 0 aliphatic carbocycles. The number of benzene rings is 2. The van der Waals surface area contributed by atoms with Gasteiger partial charge in [0.05, 0.1) is 0 Å². The van der Waals surface area contributed by atoms with Crippen molar-refractivity contribution in [3.63, 3.8) is 0 Å². The number of esters is 2. The second kappa shape index (κ2) is 6.73. The van der Waals surface area contributed by atoms with Crippen molar-refractivity contribution >= 4 is 23.5 Å². The largest absolute Gasteiger partial charge is 0.426 e. The molecule has 0 aliphatic heterocycles. The summed E-state index contributed by atoms with van der Waals surface area (Å²) >= 11 is 5.71. The second-order valence-corrected chi connectivity index (χ2v) is 4.33. The molecule has 0 saturated carbocycles. The first-order valence-electron chi connectivity index (χ1n) is 5.85. The van der Waals surface area contributed by atoms with Crippen molar-refractivity contribution in [3.05, 3.63) is 59.6 Å². The summed E-state index contributed by atoms with van der Waals surface area (Å²) in [6, 6.07) is 14.8. The minimum absolute atomic E-state index is 0.326. The number of carbonyl (C=O) groups excluding carboxylic acids is 2. The molecule has 4 nitrogen and oxygen atoms in total. The van der Waals surface area contributed by atoms with Gasteiger partial charge in [-0.25, -0.2) is 0 Å². The van der Waals surface area contributed by atoms with E-state index in [1.54, 1.807) is 54.6 Å². The quantitative estimate of drug-likeness (QED) is 0.493. The van der Waals surface area contributed by atoms with Crippen LogP contribution < -0.4 is 9.47 Å². The van der Waals surface area contributed by atoms with Crippen LogP contribution in [0, 0.1) is 0 Å². The topological polar surface area (TPSA) is 52.6 Å². The van der Waals surface area contributed by atoms with E-state index in [1.807, 2.05) is 0 Å². The molecular formula is C15H11ClO4. The molecule has 2 rings (SSSR count). The Balaban J connectivity index is 1.85. The molecule has 0 radical (unpaired) electrons. The van der Waals surface area contributed by atoms with E-state index in [1.165, 1.54) is 0 Å². The number of rotatable bonds is 4. The van der Waals surface area contributed by atoms with E-state index in [-0.39, 0.29) is 0 Å².